The summed E-state index contributed by atoms with van der Waals surface area (Å²) in [7, 11) is -3.46. The molecule has 0 bridgehead atoms. The number of ketones is 1. The van der Waals surface area contributed by atoms with Crippen LogP contribution in [0.4, 0.5) is 0 Å². The lowest BCUT2D eigenvalue weighted by molar-refractivity contribution is 0.101. The number of Topliss-reactive ketones (excluding diaryl/α,β-unsaturated/α-hetero) is 1. The highest BCUT2D eigenvalue weighted by atomic mass is 32.2. The molecule has 1 aliphatic carbocycles. The van der Waals surface area contributed by atoms with Crippen molar-refractivity contribution in [2.45, 2.75) is 37.6 Å². The monoisotopic (exact) mass is 336 g/mol. The molecule has 6 heteroatoms. The van der Waals surface area contributed by atoms with E-state index in [1.165, 1.54) is 31.9 Å². The van der Waals surface area contributed by atoms with Crippen LogP contribution in [0.2, 0.25) is 0 Å². The van der Waals surface area contributed by atoms with E-state index in [0.717, 1.165) is 19.0 Å². The molecule has 2 fully saturated rings. The quantitative estimate of drug-likeness (QED) is 0.772. The zero-order valence-electron chi connectivity index (χ0n) is 13.7. The number of carbonyl (C=O) groups excluding carboxylic acids is 1. The molecule has 0 radical (unpaired) electrons. The van der Waals surface area contributed by atoms with Crippen molar-refractivity contribution in [3.05, 3.63) is 29.8 Å². The van der Waals surface area contributed by atoms with Crippen molar-refractivity contribution in [2.75, 3.05) is 26.2 Å². The molecule has 1 saturated carbocycles. The van der Waals surface area contributed by atoms with Gasteiger partial charge in [-0.15, -0.1) is 0 Å². The molecule has 1 aromatic carbocycles. The standard InChI is InChI=1S/C17H24N2O3S/c1-13(15-3-4-15)18-9-11-19(12-10-18)23(21,22)17-7-5-16(6-8-17)14(2)20/h5-8,13,15H,3-4,9-12H2,1-2H3. The van der Waals surface area contributed by atoms with E-state index in [4.69, 9.17) is 0 Å². The first-order valence-corrected chi connectivity index (χ1v) is 9.69. The number of nitrogens with zero attached hydrogens (tertiary/aromatic N) is 2. The number of benzene rings is 1. The minimum absolute atomic E-state index is 0.0587. The Morgan fingerprint density at radius 2 is 1.65 bits per heavy atom. The smallest absolute Gasteiger partial charge is 0.243 e. The van der Waals surface area contributed by atoms with Gasteiger partial charge in [-0.1, -0.05) is 12.1 Å². The summed E-state index contributed by atoms with van der Waals surface area (Å²) in [5, 5.41) is 0. The molecule has 5 nitrogen and oxygen atoms in total. The van der Waals surface area contributed by atoms with Gasteiger partial charge in [0, 0.05) is 37.8 Å². The first kappa shape index (κ1) is 16.6. The first-order valence-electron chi connectivity index (χ1n) is 8.25. The molecule has 1 saturated heterocycles. The van der Waals surface area contributed by atoms with E-state index in [1.54, 1.807) is 16.4 Å². The van der Waals surface area contributed by atoms with Gasteiger partial charge >= 0.3 is 0 Å². The Balaban J connectivity index is 1.67. The number of carbonyl (C=O) groups is 1. The number of piperazine rings is 1. The van der Waals surface area contributed by atoms with Gasteiger partial charge in [-0.25, -0.2) is 8.42 Å². The molecule has 0 aromatic heterocycles. The highest BCUT2D eigenvalue weighted by Gasteiger charge is 2.35. The maximum absolute atomic E-state index is 12.7. The molecule has 126 valence electrons. The molecule has 2 aliphatic rings. The second kappa shape index (κ2) is 6.34. The second-order valence-electron chi connectivity index (χ2n) is 6.60. The van der Waals surface area contributed by atoms with Crippen LogP contribution in [0.1, 0.15) is 37.0 Å². The van der Waals surface area contributed by atoms with Gasteiger partial charge in [0.2, 0.25) is 10.0 Å². The van der Waals surface area contributed by atoms with Crippen molar-refractivity contribution >= 4 is 15.8 Å². The molecule has 0 amide bonds. The van der Waals surface area contributed by atoms with Gasteiger partial charge in [0.1, 0.15) is 0 Å². The molecule has 0 N–H and O–H groups in total. The van der Waals surface area contributed by atoms with Crippen LogP contribution in [0.3, 0.4) is 0 Å². The Labute approximate surface area is 138 Å². The van der Waals surface area contributed by atoms with Crippen molar-refractivity contribution in [1.29, 1.82) is 0 Å². The Bertz CT molecular complexity index is 672. The largest absolute Gasteiger partial charge is 0.298 e. The number of hydrogen-bond donors (Lipinski definition) is 0. The van der Waals surface area contributed by atoms with Crippen LogP contribution in [-0.2, 0) is 10.0 Å². The summed E-state index contributed by atoms with van der Waals surface area (Å²) in [5.41, 5.74) is 0.534. The topological polar surface area (TPSA) is 57.7 Å². The summed E-state index contributed by atoms with van der Waals surface area (Å²) < 4.78 is 27.0. The molecule has 1 atom stereocenters. The van der Waals surface area contributed by atoms with Gasteiger partial charge in [-0.3, -0.25) is 9.69 Å². The van der Waals surface area contributed by atoms with E-state index in [1.807, 2.05) is 0 Å². The fourth-order valence-corrected chi connectivity index (χ4v) is 4.66. The van der Waals surface area contributed by atoms with Crippen LogP contribution >= 0.6 is 0 Å². The molecular formula is C17H24N2O3S. The van der Waals surface area contributed by atoms with Crippen LogP contribution in [-0.4, -0.2) is 55.6 Å². The predicted molar refractivity (Wildman–Crippen MR) is 89.0 cm³/mol. The minimum atomic E-state index is -3.46. The maximum atomic E-state index is 12.7. The van der Waals surface area contributed by atoms with Gasteiger partial charge in [0.05, 0.1) is 4.90 Å². The van der Waals surface area contributed by atoms with Crippen LogP contribution < -0.4 is 0 Å². The first-order chi connectivity index (χ1) is 10.9. The molecule has 1 heterocycles. The Morgan fingerprint density at radius 3 is 2.13 bits per heavy atom. The molecule has 1 unspecified atom stereocenters. The fraction of sp³-hybridized carbons (Fsp3) is 0.588. The zero-order valence-corrected chi connectivity index (χ0v) is 14.6. The number of sulfonamides is 1. The van der Waals surface area contributed by atoms with Crippen molar-refractivity contribution in [1.82, 2.24) is 9.21 Å². The third-order valence-electron chi connectivity index (χ3n) is 5.05. The van der Waals surface area contributed by atoms with Gasteiger partial charge in [-0.05, 0) is 44.7 Å². The zero-order chi connectivity index (χ0) is 16.6. The van der Waals surface area contributed by atoms with Crippen molar-refractivity contribution in [3.8, 4) is 0 Å². The number of hydrogen-bond acceptors (Lipinski definition) is 4. The lowest BCUT2D eigenvalue weighted by atomic mass is 10.1. The molecular weight excluding hydrogens is 312 g/mol. The second-order valence-corrected chi connectivity index (χ2v) is 8.54. The predicted octanol–water partition coefficient (Wildman–Crippen LogP) is 1.99. The van der Waals surface area contributed by atoms with E-state index in [0.29, 0.717) is 24.7 Å². The molecule has 0 spiro atoms. The fourth-order valence-electron chi connectivity index (χ4n) is 3.24. The third kappa shape index (κ3) is 3.49. The summed E-state index contributed by atoms with van der Waals surface area (Å²) in [6.07, 6.45) is 2.62. The van der Waals surface area contributed by atoms with Crippen molar-refractivity contribution in [3.63, 3.8) is 0 Å². The normalized spacial score (nSPS) is 22.0. The third-order valence-corrected chi connectivity index (χ3v) is 6.96. The van der Waals surface area contributed by atoms with Crippen molar-refractivity contribution < 1.29 is 13.2 Å². The lowest BCUT2D eigenvalue weighted by Crippen LogP contribution is -2.51. The van der Waals surface area contributed by atoms with Crippen molar-refractivity contribution in [2.24, 2.45) is 5.92 Å². The average molecular weight is 336 g/mol. The summed E-state index contributed by atoms with van der Waals surface area (Å²) >= 11 is 0. The Kier molecular flexibility index (Phi) is 4.58. The maximum Gasteiger partial charge on any atom is 0.243 e. The van der Waals surface area contributed by atoms with E-state index in [-0.39, 0.29) is 10.7 Å². The van der Waals surface area contributed by atoms with E-state index in [9.17, 15) is 13.2 Å². The highest BCUT2D eigenvalue weighted by molar-refractivity contribution is 7.89. The van der Waals surface area contributed by atoms with Crippen LogP contribution in [0.5, 0.6) is 0 Å². The van der Waals surface area contributed by atoms with E-state index >= 15 is 0 Å². The summed E-state index contributed by atoms with van der Waals surface area (Å²) in [6.45, 7) is 6.39. The number of rotatable bonds is 5. The lowest BCUT2D eigenvalue weighted by Gasteiger charge is -2.37. The van der Waals surface area contributed by atoms with Gasteiger partial charge < -0.3 is 0 Å². The van der Waals surface area contributed by atoms with Crippen LogP contribution in [0.15, 0.2) is 29.2 Å². The van der Waals surface area contributed by atoms with E-state index in [2.05, 4.69) is 11.8 Å². The van der Waals surface area contributed by atoms with Gasteiger partial charge in [-0.2, -0.15) is 4.31 Å². The molecule has 1 aromatic rings. The average Bonchev–Trinajstić information content (AvgIpc) is 3.39. The Morgan fingerprint density at radius 1 is 1.09 bits per heavy atom. The SMILES string of the molecule is CC(=O)c1ccc(S(=O)(=O)N2CCN(C(C)C3CC3)CC2)cc1. The highest BCUT2D eigenvalue weighted by Crippen LogP contribution is 2.35. The van der Waals surface area contributed by atoms with Crippen LogP contribution in [0, 0.1) is 5.92 Å². The summed E-state index contributed by atoms with van der Waals surface area (Å²) in [6, 6.07) is 6.80. The summed E-state index contributed by atoms with van der Waals surface area (Å²) in [4.78, 5) is 14.0. The van der Waals surface area contributed by atoms with Gasteiger partial charge in [0.25, 0.3) is 0 Å². The summed E-state index contributed by atoms with van der Waals surface area (Å²) in [5.74, 6) is 0.744. The molecule has 3 rings (SSSR count). The van der Waals surface area contributed by atoms with Gasteiger partial charge in [0.15, 0.2) is 5.78 Å². The Hall–Kier alpha value is -1.24. The molecule has 1 aliphatic heterocycles. The molecule has 23 heavy (non-hydrogen) atoms. The minimum Gasteiger partial charge on any atom is -0.298 e. The van der Waals surface area contributed by atoms with Crippen LogP contribution in [0.25, 0.3) is 0 Å². The van der Waals surface area contributed by atoms with E-state index < -0.39 is 10.0 Å².